The highest BCUT2D eigenvalue weighted by Crippen LogP contribution is 2.34. The summed E-state index contributed by atoms with van der Waals surface area (Å²) in [7, 11) is 1.46. The van der Waals surface area contributed by atoms with E-state index in [2.05, 4.69) is 0 Å². The number of morpholine rings is 1. The van der Waals surface area contributed by atoms with E-state index in [4.69, 9.17) is 9.47 Å². The predicted molar refractivity (Wildman–Crippen MR) is 79.5 cm³/mol. The number of carbonyl (C=O) groups is 1. The number of aryl methyl sites for hydroxylation is 1. The largest absolute Gasteiger partial charge is 0.480 e. The number of ether oxygens (including phenoxy) is 2. The van der Waals surface area contributed by atoms with Gasteiger partial charge in [-0.1, -0.05) is 6.07 Å². The van der Waals surface area contributed by atoms with Gasteiger partial charge in [0.25, 0.3) is 0 Å². The van der Waals surface area contributed by atoms with Crippen molar-refractivity contribution in [1.82, 2.24) is 4.90 Å². The molecule has 1 aromatic carbocycles. The van der Waals surface area contributed by atoms with Crippen LogP contribution in [0.25, 0.3) is 0 Å². The molecule has 1 aromatic rings. The zero-order chi connectivity index (χ0) is 17.9. The van der Waals surface area contributed by atoms with Gasteiger partial charge in [-0.25, -0.2) is 0 Å². The monoisotopic (exact) mass is 347 g/mol. The molecule has 0 amide bonds. The van der Waals surface area contributed by atoms with Crippen LogP contribution in [0.5, 0.6) is 0 Å². The number of carboxylic acids is 1. The minimum atomic E-state index is -4.46. The van der Waals surface area contributed by atoms with Gasteiger partial charge in [0.1, 0.15) is 6.04 Å². The van der Waals surface area contributed by atoms with E-state index in [1.807, 2.05) is 0 Å². The number of hydrogen-bond donors (Lipinski definition) is 1. The first-order valence-electron chi connectivity index (χ1n) is 7.47. The van der Waals surface area contributed by atoms with Crippen LogP contribution >= 0.6 is 0 Å². The van der Waals surface area contributed by atoms with E-state index in [9.17, 15) is 23.1 Å². The van der Waals surface area contributed by atoms with E-state index in [-0.39, 0.29) is 25.3 Å². The molecule has 0 aromatic heterocycles. The van der Waals surface area contributed by atoms with Gasteiger partial charge in [0.2, 0.25) is 0 Å². The molecule has 1 atom stereocenters. The fourth-order valence-electron chi connectivity index (χ4n) is 2.83. The average Bonchev–Trinajstić information content (AvgIpc) is 2.49. The van der Waals surface area contributed by atoms with Gasteiger partial charge in [0.15, 0.2) is 0 Å². The van der Waals surface area contributed by atoms with Gasteiger partial charge in [-0.15, -0.1) is 0 Å². The Morgan fingerprint density at radius 1 is 1.42 bits per heavy atom. The molecule has 24 heavy (non-hydrogen) atoms. The number of alkyl halides is 3. The van der Waals surface area contributed by atoms with Gasteiger partial charge in [-0.05, 0) is 29.7 Å². The van der Waals surface area contributed by atoms with E-state index in [0.717, 1.165) is 6.07 Å². The lowest BCUT2D eigenvalue weighted by atomic mass is 9.98. The minimum Gasteiger partial charge on any atom is -0.480 e. The zero-order valence-electron chi connectivity index (χ0n) is 13.5. The first kappa shape index (κ1) is 18.7. The smallest absolute Gasteiger partial charge is 0.416 e. The highest BCUT2D eigenvalue weighted by atomic mass is 19.4. The molecule has 1 saturated heterocycles. The summed E-state index contributed by atoms with van der Waals surface area (Å²) in [6.45, 7) is 2.38. The number of nitrogens with zero attached hydrogens (tertiary/aromatic N) is 1. The number of aliphatic carboxylic acids is 1. The maximum Gasteiger partial charge on any atom is 0.416 e. The summed E-state index contributed by atoms with van der Waals surface area (Å²) in [5.74, 6) is -1.05. The van der Waals surface area contributed by atoms with Crippen molar-refractivity contribution in [2.75, 3.05) is 26.9 Å². The summed E-state index contributed by atoms with van der Waals surface area (Å²) >= 11 is 0. The first-order valence-corrected chi connectivity index (χ1v) is 7.47. The van der Waals surface area contributed by atoms with Crippen LogP contribution < -0.4 is 0 Å². The summed E-state index contributed by atoms with van der Waals surface area (Å²) in [6.07, 6.45) is -4.46. The number of benzene rings is 1. The number of rotatable bonds is 5. The summed E-state index contributed by atoms with van der Waals surface area (Å²) < 4.78 is 49.7. The first-order chi connectivity index (χ1) is 11.2. The van der Waals surface area contributed by atoms with Gasteiger partial charge < -0.3 is 14.6 Å². The Morgan fingerprint density at radius 3 is 2.71 bits per heavy atom. The molecule has 1 N–H and O–H groups in total. The molecule has 1 heterocycles. The molecule has 0 unspecified atom stereocenters. The van der Waals surface area contributed by atoms with E-state index < -0.39 is 23.8 Å². The van der Waals surface area contributed by atoms with E-state index >= 15 is 0 Å². The van der Waals surface area contributed by atoms with Gasteiger partial charge >= 0.3 is 12.1 Å². The highest BCUT2D eigenvalue weighted by molar-refractivity contribution is 5.73. The molecule has 8 heteroatoms. The Hall–Kier alpha value is -1.64. The molecule has 0 spiro atoms. The molecular weight excluding hydrogens is 327 g/mol. The molecule has 0 aliphatic carbocycles. The molecule has 0 bridgehead atoms. The highest BCUT2D eigenvalue weighted by Gasteiger charge is 2.34. The van der Waals surface area contributed by atoms with Gasteiger partial charge in [-0.3, -0.25) is 9.69 Å². The van der Waals surface area contributed by atoms with Crippen LogP contribution in [-0.4, -0.2) is 48.9 Å². The quantitative estimate of drug-likeness (QED) is 0.887. The van der Waals surface area contributed by atoms with Crippen molar-refractivity contribution in [3.8, 4) is 0 Å². The Kier molecular flexibility index (Phi) is 5.84. The summed E-state index contributed by atoms with van der Waals surface area (Å²) in [4.78, 5) is 12.9. The van der Waals surface area contributed by atoms with Crippen molar-refractivity contribution < 1.29 is 32.5 Å². The lowest BCUT2D eigenvalue weighted by Crippen LogP contribution is -2.49. The van der Waals surface area contributed by atoms with Crippen LogP contribution in [0.3, 0.4) is 0 Å². The number of carboxylic acid groups (broad SMARTS) is 1. The normalized spacial score (nSPS) is 19.5. The molecule has 2 rings (SSSR count). The standard InChI is InChI=1S/C16H20F3NO4/c1-10-5-12(8-23-2)11(6-13(10)16(17,18)19)7-20-3-4-24-9-14(20)15(21)22/h5-6,14H,3-4,7-9H2,1-2H3,(H,21,22)/t14-/m0/s1. The van der Waals surface area contributed by atoms with Crippen LogP contribution in [0.15, 0.2) is 12.1 Å². The lowest BCUT2D eigenvalue weighted by molar-refractivity contribution is -0.150. The molecule has 1 aliphatic heterocycles. The summed E-state index contributed by atoms with van der Waals surface area (Å²) in [5.41, 5.74) is 0.453. The summed E-state index contributed by atoms with van der Waals surface area (Å²) in [6, 6.07) is 1.68. The molecular formula is C16H20F3NO4. The average molecular weight is 347 g/mol. The Labute approximate surface area is 138 Å². The lowest BCUT2D eigenvalue weighted by Gasteiger charge is -2.33. The van der Waals surface area contributed by atoms with Crippen molar-refractivity contribution in [2.24, 2.45) is 0 Å². The van der Waals surface area contributed by atoms with Crippen LogP contribution in [0.2, 0.25) is 0 Å². The summed E-state index contributed by atoms with van der Waals surface area (Å²) in [5, 5.41) is 9.26. The van der Waals surface area contributed by atoms with Gasteiger partial charge in [-0.2, -0.15) is 13.2 Å². The molecule has 1 fully saturated rings. The van der Waals surface area contributed by atoms with Crippen molar-refractivity contribution in [3.63, 3.8) is 0 Å². The number of hydrogen-bond acceptors (Lipinski definition) is 4. The van der Waals surface area contributed by atoms with Gasteiger partial charge in [0, 0.05) is 20.2 Å². The molecule has 0 radical (unpaired) electrons. The molecule has 0 saturated carbocycles. The van der Waals surface area contributed by atoms with Crippen LogP contribution in [0.4, 0.5) is 13.2 Å². The van der Waals surface area contributed by atoms with Crippen LogP contribution in [0.1, 0.15) is 22.3 Å². The topological polar surface area (TPSA) is 59.0 Å². The van der Waals surface area contributed by atoms with Crippen molar-refractivity contribution >= 4 is 5.97 Å². The van der Waals surface area contributed by atoms with E-state index in [0.29, 0.717) is 24.3 Å². The SMILES string of the molecule is COCc1cc(C)c(C(F)(F)F)cc1CN1CCOC[C@H]1C(=O)O. The van der Waals surface area contributed by atoms with Crippen molar-refractivity contribution in [3.05, 3.63) is 34.4 Å². The number of methoxy groups -OCH3 is 1. The third-order valence-corrected chi connectivity index (χ3v) is 4.05. The minimum absolute atomic E-state index is 0.0208. The van der Waals surface area contributed by atoms with Crippen LogP contribution in [-0.2, 0) is 33.6 Å². The second-order valence-electron chi connectivity index (χ2n) is 5.77. The third-order valence-electron chi connectivity index (χ3n) is 4.05. The van der Waals surface area contributed by atoms with E-state index in [1.165, 1.54) is 20.1 Å². The van der Waals surface area contributed by atoms with Crippen molar-refractivity contribution in [1.29, 1.82) is 0 Å². The maximum atomic E-state index is 13.2. The Morgan fingerprint density at radius 2 is 2.12 bits per heavy atom. The molecule has 5 nitrogen and oxygen atoms in total. The van der Waals surface area contributed by atoms with Crippen molar-refractivity contribution in [2.45, 2.75) is 32.3 Å². The predicted octanol–water partition coefficient (Wildman–Crippen LogP) is 2.45. The van der Waals surface area contributed by atoms with Crippen LogP contribution in [0, 0.1) is 6.92 Å². The van der Waals surface area contributed by atoms with Gasteiger partial charge in [0.05, 0.1) is 25.4 Å². The fourth-order valence-corrected chi connectivity index (χ4v) is 2.83. The van der Waals surface area contributed by atoms with E-state index in [1.54, 1.807) is 4.90 Å². The number of halogens is 3. The second-order valence-corrected chi connectivity index (χ2v) is 5.77. The fraction of sp³-hybridized carbons (Fsp3) is 0.562. The zero-order valence-corrected chi connectivity index (χ0v) is 13.5. The molecule has 134 valence electrons. The Balaban J connectivity index is 2.37. The third kappa shape index (κ3) is 4.25. The second kappa shape index (κ2) is 7.50. The maximum absolute atomic E-state index is 13.2. The molecule has 1 aliphatic rings. The Bertz CT molecular complexity index is 604.